The van der Waals surface area contributed by atoms with Crippen molar-refractivity contribution in [3.05, 3.63) is 30.4 Å². The van der Waals surface area contributed by atoms with Crippen molar-refractivity contribution in [2.75, 3.05) is 25.6 Å². The number of nitrogens with zero attached hydrogens (tertiary/aromatic N) is 4. The minimum atomic E-state index is 0.767. The highest BCUT2D eigenvalue weighted by molar-refractivity contribution is 5.25. The number of methoxy groups -OCH3 is 1. The van der Waals surface area contributed by atoms with E-state index in [0.29, 0.717) is 0 Å². The number of ether oxygens (including phenoxy) is 1. The number of anilines is 1. The van der Waals surface area contributed by atoms with Crippen molar-refractivity contribution < 1.29 is 4.74 Å². The minimum absolute atomic E-state index is 0.767. The predicted octanol–water partition coefficient (Wildman–Crippen LogP) is 1.31. The van der Waals surface area contributed by atoms with Gasteiger partial charge in [-0.3, -0.25) is 4.68 Å². The Morgan fingerprint density at radius 1 is 1.37 bits per heavy atom. The van der Waals surface area contributed by atoms with Crippen molar-refractivity contribution in [2.24, 2.45) is 7.05 Å². The second-order valence-corrected chi connectivity index (χ2v) is 4.41. The van der Waals surface area contributed by atoms with Gasteiger partial charge >= 0.3 is 0 Å². The number of aromatic nitrogens is 4. The summed E-state index contributed by atoms with van der Waals surface area (Å²) in [5, 5.41) is 7.49. The number of hydrogen-bond donors (Lipinski definition) is 1. The highest BCUT2D eigenvalue weighted by Crippen LogP contribution is 2.07. The van der Waals surface area contributed by atoms with Crippen LogP contribution in [0.15, 0.2) is 24.7 Å². The summed E-state index contributed by atoms with van der Waals surface area (Å²) in [6.45, 7) is 2.53. The van der Waals surface area contributed by atoms with Crippen LogP contribution < -0.4 is 5.32 Å². The maximum atomic E-state index is 5.02. The van der Waals surface area contributed by atoms with Gasteiger partial charge in [0.2, 0.25) is 5.95 Å². The van der Waals surface area contributed by atoms with Crippen molar-refractivity contribution in [3.63, 3.8) is 0 Å². The second-order valence-electron chi connectivity index (χ2n) is 4.41. The smallest absolute Gasteiger partial charge is 0.202 e. The van der Waals surface area contributed by atoms with Gasteiger partial charge in [0.25, 0.3) is 0 Å². The third-order valence-corrected chi connectivity index (χ3v) is 3.06. The zero-order valence-electron chi connectivity index (χ0n) is 11.5. The van der Waals surface area contributed by atoms with Crippen molar-refractivity contribution in [1.29, 1.82) is 0 Å². The Morgan fingerprint density at radius 3 is 3.00 bits per heavy atom. The lowest BCUT2D eigenvalue weighted by Crippen LogP contribution is -2.12. The van der Waals surface area contributed by atoms with Crippen LogP contribution in [0, 0.1) is 0 Å². The maximum absolute atomic E-state index is 5.02. The molecule has 104 valence electrons. The summed E-state index contributed by atoms with van der Waals surface area (Å²) in [5.41, 5.74) is 1.22. The van der Waals surface area contributed by atoms with Gasteiger partial charge in [-0.2, -0.15) is 5.10 Å². The third-order valence-electron chi connectivity index (χ3n) is 3.06. The standard InChI is InChI=1S/C13H21N5O/c1-17-12(4-7-16-17)5-9-18-10-8-15-13(18)14-6-3-11-19-2/h4,7-8,10H,3,5-6,9,11H2,1-2H3,(H,14,15). The molecule has 6 heteroatoms. The molecule has 0 spiro atoms. The lowest BCUT2D eigenvalue weighted by atomic mass is 10.3. The first-order chi connectivity index (χ1) is 9.31. The van der Waals surface area contributed by atoms with Crippen LogP contribution >= 0.6 is 0 Å². The SMILES string of the molecule is COCCCNc1nccn1CCc1ccnn1C. The molecule has 0 aromatic carbocycles. The molecule has 2 rings (SSSR count). The van der Waals surface area contributed by atoms with E-state index >= 15 is 0 Å². The van der Waals surface area contributed by atoms with Crippen LogP contribution in [0.5, 0.6) is 0 Å². The molecular formula is C13H21N5O. The summed E-state index contributed by atoms with van der Waals surface area (Å²) >= 11 is 0. The van der Waals surface area contributed by atoms with Gasteiger partial charge in [-0.1, -0.05) is 0 Å². The average molecular weight is 263 g/mol. The van der Waals surface area contributed by atoms with Crippen molar-refractivity contribution in [2.45, 2.75) is 19.4 Å². The van der Waals surface area contributed by atoms with Gasteiger partial charge in [0.05, 0.1) is 0 Å². The molecule has 19 heavy (non-hydrogen) atoms. The molecule has 2 aromatic rings. The highest BCUT2D eigenvalue weighted by Gasteiger charge is 2.04. The van der Waals surface area contributed by atoms with Crippen molar-refractivity contribution in [3.8, 4) is 0 Å². The molecule has 0 unspecified atom stereocenters. The molecule has 0 aliphatic rings. The molecular weight excluding hydrogens is 242 g/mol. The van der Waals surface area contributed by atoms with Crippen LogP contribution in [-0.4, -0.2) is 39.6 Å². The molecule has 0 atom stereocenters. The molecule has 1 N–H and O–H groups in total. The van der Waals surface area contributed by atoms with Gasteiger partial charge in [0.1, 0.15) is 0 Å². The molecule has 0 saturated heterocycles. The van der Waals surface area contributed by atoms with Gasteiger partial charge in [0, 0.05) is 64.6 Å². The van der Waals surface area contributed by atoms with E-state index < -0.39 is 0 Å². The van der Waals surface area contributed by atoms with E-state index in [4.69, 9.17) is 4.74 Å². The number of nitrogens with one attached hydrogen (secondary N) is 1. The fourth-order valence-electron chi connectivity index (χ4n) is 1.96. The Balaban J connectivity index is 1.83. The molecule has 0 bridgehead atoms. The third kappa shape index (κ3) is 3.82. The summed E-state index contributed by atoms with van der Waals surface area (Å²) < 4.78 is 9.05. The Bertz CT molecular complexity index is 491. The van der Waals surface area contributed by atoms with Crippen LogP contribution in [0.2, 0.25) is 0 Å². The van der Waals surface area contributed by atoms with E-state index in [-0.39, 0.29) is 0 Å². The topological polar surface area (TPSA) is 56.9 Å². The zero-order valence-corrected chi connectivity index (χ0v) is 11.5. The van der Waals surface area contributed by atoms with Gasteiger partial charge in [-0.05, 0) is 12.5 Å². The van der Waals surface area contributed by atoms with Crippen LogP contribution in [0.1, 0.15) is 12.1 Å². The molecule has 0 aliphatic carbocycles. The van der Waals surface area contributed by atoms with Crippen LogP contribution in [0.4, 0.5) is 5.95 Å². The highest BCUT2D eigenvalue weighted by atomic mass is 16.5. The molecule has 0 aliphatic heterocycles. The Labute approximate surface area is 113 Å². The van der Waals surface area contributed by atoms with E-state index in [2.05, 4.69) is 20.0 Å². The number of hydrogen-bond acceptors (Lipinski definition) is 4. The summed E-state index contributed by atoms with van der Waals surface area (Å²) in [6, 6.07) is 2.04. The fraction of sp³-hybridized carbons (Fsp3) is 0.538. The maximum Gasteiger partial charge on any atom is 0.202 e. The van der Waals surface area contributed by atoms with E-state index in [1.54, 1.807) is 7.11 Å². The zero-order chi connectivity index (χ0) is 13.5. The van der Waals surface area contributed by atoms with Gasteiger partial charge in [0.15, 0.2) is 0 Å². The van der Waals surface area contributed by atoms with Crippen LogP contribution in [-0.2, 0) is 24.8 Å². The quantitative estimate of drug-likeness (QED) is 0.730. The molecule has 2 aromatic heterocycles. The summed E-state index contributed by atoms with van der Waals surface area (Å²) in [6.07, 6.45) is 7.56. The minimum Gasteiger partial charge on any atom is -0.385 e. The monoisotopic (exact) mass is 263 g/mol. The summed E-state index contributed by atoms with van der Waals surface area (Å²) in [7, 11) is 3.68. The fourth-order valence-corrected chi connectivity index (χ4v) is 1.96. The first kappa shape index (κ1) is 13.6. The number of rotatable bonds is 8. The van der Waals surface area contributed by atoms with E-state index in [1.807, 2.05) is 36.4 Å². The van der Waals surface area contributed by atoms with Crippen molar-refractivity contribution in [1.82, 2.24) is 19.3 Å². The summed E-state index contributed by atoms with van der Waals surface area (Å²) in [5.74, 6) is 0.915. The number of imidazole rings is 1. The molecule has 0 radical (unpaired) electrons. The van der Waals surface area contributed by atoms with Crippen molar-refractivity contribution >= 4 is 5.95 Å². The van der Waals surface area contributed by atoms with E-state index in [0.717, 1.165) is 38.5 Å². The summed E-state index contributed by atoms with van der Waals surface area (Å²) in [4.78, 5) is 4.32. The Hall–Kier alpha value is -1.82. The molecule has 6 nitrogen and oxygen atoms in total. The predicted molar refractivity (Wildman–Crippen MR) is 74.1 cm³/mol. The Morgan fingerprint density at radius 2 is 2.26 bits per heavy atom. The van der Waals surface area contributed by atoms with Crippen LogP contribution in [0.3, 0.4) is 0 Å². The normalized spacial score (nSPS) is 10.8. The van der Waals surface area contributed by atoms with Gasteiger partial charge in [-0.15, -0.1) is 0 Å². The second kappa shape index (κ2) is 6.94. The molecule has 2 heterocycles. The average Bonchev–Trinajstić information content (AvgIpc) is 3.01. The largest absolute Gasteiger partial charge is 0.385 e. The number of aryl methyl sites for hydroxylation is 3. The lowest BCUT2D eigenvalue weighted by molar-refractivity contribution is 0.197. The Kier molecular flexibility index (Phi) is 4.97. The first-order valence-electron chi connectivity index (χ1n) is 6.52. The first-order valence-corrected chi connectivity index (χ1v) is 6.52. The van der Waals surface area contributed by atoms with Gasteiger partial charge < -0.3 is 14.6 Å². The molecule has 0 amide bonds. The van der Waals surface area contributed by atoms with E-state index in [1.165, 1.54) is 5.69 Å². The molecule has 0 fully saturated rings. The van der Waals surface area contributed by atoms with Crippen LogP contribution in [0.25, 0.3) is 0 Å². The molecule has 0 saturated carbocycles. The van der Waals surface area contributed by atoms with Gasteiger partial charge in [-0.25, -0.2) is 4.98 Å². The van der Waals surface area contributed by atoms with E-state index in [9.17, 15) is 0 Å². The lowest BCUT2D eigenvalue weighted by Gasteiger charge is -2.09.